The van der Waals surface area contributed by atoms with E-state index in [-0.39, 0.29) is 13.2 Å². The molecule has 1 atom stereocenters. The van der Waals surface area contributed by atoms with Crippen molar-refractivity contribution in [3.63, 3.8) is 0 Å². The first kappa shape index (κ1) is 24.8. The zero-order chi connectivity index (χ0) is 27.3. The van der Waals surface area contributed by atoms with Gasteiger partial charge in [-0.2, -0.15) is 18.3 Å². The molecule has 0 aliphatic carbocycles. The van der Waals surface area contributed by atoms with Crippen LogP contribution in [0.4, 0.5) is 13.2 Å². The maximum absolute atomic E-state index is 13.7. The van der Waals surface area contributed by atoms with Gasteiger partial charge in [-0.05, 0) is 30.7 Å². The van der Waals surface area contributed by atoms with Gasteiger partial charge in [-0.3, -0.25) is 19.4 Å². The zero-order valence-electron chi connectivity index (χ0n) is 20.6. The molecule has 0 unspecified atom stereocenters. The molecular formula is C26H22F3N7O3. The van der Waals surface area contributed by atoms with E-state index in [1.165, 1.54) is 9.13 Å². The number of fused-ring (bicyclic) bond motifs is 2. The van der Waals surface area contributed by atoms with Crippen molar-refractivity contribution in [2.75, 3.05) is 19.7 Å². The highest BCUT2D eigenvalue weighted by Gasteiger charge is 2.44. The Labute approximate surface area is 218 Å². The van der Waals surface area contributed by atoms with E-state index in [2.05, 4.69) is 20.2 Å². The van der Waals surface area contributed by atoms with Gasteiger partial charge in [-0.15, -0.1) is 0 Å². The van der Waals surface area contributed by atoms with E-state index in [0.717, 1.165) is 32.5 Å². The minimum Gasteiger partial charge on any atom is -0.365 e. The number of aryl methyl sites for hydroxylation is 1. The van der Waals surface area contributed by atoms with Crippen LogP contribution >= 0.6 is 0 Å². The molecule has 5 aromatic rings. The summed E-state index contributed by atoms with van der Waals surface area (Å²) in [5, 5.41) is 7.81. The average Bonchev–Trinajstić information content (AvgIpc) is 3.52. The van der Waals surface area contributed by atoms with Gasteiger partial charge in [0, 0.05) is 35.5 Å². The van der Waals surface area contributed by atoms with Crippen molar-refractivity contribution in [3.05, 3.63) is 71.2 Å². The molecule has 200 valence electrons. The van der Waals surface area contributed by atoms with Crippen LogP contribution in [0.25, 0.3) is 38.9 Å². The van der Waals surface area contributed by atoms with Crippen LogP contribution in [0, 0.1) is 6.92 Å². The highest BCUT2D eigenvalue weighted by Crippen LogP contribution is 2.28. The van der Waals surface area contributed by atoms with Gasteiger partial charge >= 0.3 is 11.9 Å². The first-order valence-corrected chi connectivity index (χ1v) is 12.1. The lowest BCUT2D eigenvalue weighted by Gasteiger charge is -2.33. The van der Waals surface area contributed by atoms with Gasteiger partial charge < -0.3 is 9.64 Å². The summed E-state index contributed by atoms with van der Waals surface area (Å²) < 4.78 is 47.0. The number of amides is 1. The summed E-state index contributed by atoms with van der Waals surface area (Å²) >= 11 is 0. The molecule has 13 heteroatoms. The standard InChI is InChI=1S/C26H22F3N7O3/c1-15-3-2-4-20-24(15)36(22-6-5-16(9-31-22)17-10-30-12-19-18(17)11-32-33-19)25(38)35(20)14-23(37)34-7-8-39-21(13-34)26(27,28)29/h2-6,9-12,21H,7-8,13-14H2,1H3,(H,32,33)/t21-/m0/s1. The zero-order valence-corrected chi connectivity index (χ0v) is 20.6. The molecule has 1 fully saturated rings. The number of morpholine rings is 1. The van der Waals surface area contributed by atoms with Crippen LogP contribution in [-0.2, 0) is 16.1 Å². The number of H-pyrrole nitrogens is 1. The average molecular weight is 538 g/mol. The molecule has 0 saturated carbocycles. The van der Waals surface area contributed by atoms with Gasteiger partial charge in [0.25, 0.3) is 0 Å². The van der Waals surface area contributed by atoms with E-state index < -0.39 is 37.0 Å². The topological polar surface area (TPSA) is 111 Å². The van der Waals surface area contributed by atoms with E-state index >= 15 is 0 Å². The lowest BCUT2D eigenvalue weighted by Crippen LogP contribution is -2.52. The van der Waals surface area contributed by atoms with Crippen LogP contribution in [0.3, 0.4) is 0 Å². The normalized spacial score (nSPS) is 16.3. The summed E-state index contributed by atoms with van der Waals surface area (Å²) in [6.45, 7) is 0.585. The fourth-order valence-corrected chi connectivity index (χ4v) is 4.92. The highest BCUT2D eigenvalue weighted by molar-refractivity contribution is 5.93. The first-order valence-electron chi connectivity index (χ1n) is 12.1. The number of pyridine rings is 2. The maximum Gasteiger partial charge on any atom is 0.416 e. The second-order valence-corrected chi connectivity index (χ2v) is 9.31. The third kappa shape index (κ3) is 4.34. The Morgan fingerprint density at radius 1 is 1.15 bits per heavy atom. The summed E-state index contributed by atoms with van der Waals surface area (Å²) in [6, 6.07) is 8.80. The Hall–Kier alpha value is -4.52. The minimum absolute atomic E-state index is 0.0130. The molecule has 1 aliphatic rings. The molecule has 1 saturated heterocycles. The predicted octanol–water partition coefficient (Wildman–Crippen LogP) is 3.22. The SMILES string of the molecule is Cc1cccc2c1n(-c1ccc(-c3cncc4[nH]ncc34)cn1)c(=O)n2CC(=O)N1CCO[C@H](C(F)(F)F)C1. The lowest BCUT2D eigenvalue weighted by atomic mass is 10.1. The number of hydrogen-bond donors (Lipinski definition) is 1. The number of rotatable bonds is 4. The Bertz CT molecular complexity index is 1760. The second kappa shape index (κ2) is 9.34. The van der Waals surface area contributed by atoms with Gasteiger partial charge in [-0.25, -0.2) is 14.3 Å². The molecule has 4 aromatic heterocycles. The van der Waals surface area contributed by atoms with Gasteiger partial charge in [0.05, 0.1) is 42.1 Å². The number of ether oxygens (including phenoxy) is 1. The second-order valence-electron chi connectivity index (χ2n) is 9.31. The number of carbonyl (C=O) groups excluding carboxylic acids is 1. The minimum atomic E-state index is -4.58. The maximum atomic E-state index is 13.7. The Morgan fingerprint density at radius 2 is 2.00 bits per heavy atom. The molecule has 1 aromatic carbocycles. The number of alkyl halides is 3. The summed E-state index contributed by atoms with van der Waals surface area (Å²) in [6.07, 6.45) is 0.0672. The van der Waals surface area contributed by atoms with Crippen molar-refractivity contribution in [1.29, 1.82) is 0 Å². The number of benzene rings is 1. The molecule has 1 aliphatic heterocycles. The molecule has 1 amide bonds. The number of nitrogens with one attached hydrogen (secondary N) is 1. The number of halogens is 3. The molecule has 10 nitrogen and oxygen atoms in total. The number of hydrogen-bond acceptors (Lipinski definition) is 6. The van der Waals surface area contributed by atoms with Crippen LogP contribution in [0.1, 0.15) is 5.56 Å². The number of aromatic amines is 1. The fraction of sp³-hybridized carbons (Fsp3) is 0.269. The first-order chi connectivity index (χ1) is 18.7. The third-order valence-electron chi connectivity index (χ3n) is 6.88. The van der Waals surface area contributed by atoms with E-state index in [9.17, 15) is 22.8 Å². The van der Waals surface area contributed by atoms with E-state index in [1.54, 1.807) is 43.0 Å². The van der Waals surface area contributed by atoms with Crippen molar-refractivity contribution < 1.29 is 22.7 Å². The Morgan fingerprint density at radius 3 is 2.77 bits per heavy atom. The number of imidazole rings is 1. The summed E-state index contributed by atoms with van der Waals surface area (Å²) in [7, 11) is 0. The molecule has 0 bridgehead atoms. The Balaban J connectivity index is 1.37. The van der Waals surface area contributed by atoms with Crippen molar-refractivity contribution >= 4 is 27.8 Å². The van der Waals surface area contributed by atoms with Gasteiger partial charge in [-0.1, -0.05) is 12.1 Å². The fourth-order valence-electron chi connectivity index (χ4n) is 4.92. The van der Waals surface area contributed by atoms with Crippen molar-refractivity contribution in [2.45, 2.75) is 25.7 Å². The van der Waals surface area contributed by atoms with E-state index in [4.69, 9.17) is 4.74 Å². The number of nitrogens with zero attached hydrogens (tertiary/aromatic N) is 6. The summed E-state index contributed by atoms with van der Waals surface area (Å²) in [4.78, 5) is 36.6. The number of carbonyl (C=O) groups is 1. The summed E-state index contributed by atoms with van der Waals surface area (Å²) in [5.74, 6) is -0.260. The van der Waals surface area contributed by atoms with E-state index in [0.29, 0.717) is 16.9 Å². The van der Waals surface area contributed by atoms with Crippen LogP contribution in [-0.4, -0.2) is 72.1 Å². The lowest BCUT2D eigenvalue weighted by molar-refractivity contribution is -0.236. The predicted molar refractivity (Wildman–Crippen MR) is 135 cm³/mol. The monoisotopic (exact) mass is 537 g/mol. The molecular weight excluding hydrogens is 515 g/mol. The molecule has 5 heterocycles. The molecule has 39 heavy (non-hydrogen) atoms. The molecule has 1 N–H and O–H groups in total. The van der Waals surface area contributed by atoms with Crippen molar-refractivity contribution in [1.82, 2.24) is 34.2 Å². The quantitative estimate of drug-likeness (QED) is 0.377. The largest absolute Gasteiger partial charge is 0.416 e. The van der Waals surface area contributed by atoms with Crippen molar-refractivity contribution in [2.24, 2.45) is 0 Å². The van der Waals surface area contributed by atoms with Crippen LogP contribution in [0.15, 0.2) is 59.9 Å². The van der Waals surface area contributed by atoms with Gasteiger partial charge in [0.15, 0.2) is 6.10 Å². The molecule has 0 radical (unpaired) electrons. The Kier molecular flexibility index (Phi) is 5.94. The number of aromatic nitrogens is 6. The van der Waals surface area contributed by atoms with E-state index in [1.807, 2.05) is 19.1 Å². The number of para-hydroxylation sites is 1. The highest BCUT2D eigenvalue weighted by atomic mass is 19.4. The molecule has 6 rings (SSSR count). The smallest absolute Gasteiger partial charge is 0.365 e. The van der Waals surface area contributed by atoms with Crippen LogP contribution < -0.4 is 5.69 Å². The van der Waals surface area contributed by atoms with Crippen molar-refractivity contribution in [3.8, 4) is 16.9 Å². The van der Waals surface area contributed by atoms with Gasteiger partial charge in [0.1, 0.15) is 12.4 Å². The summed E-state index contributed by atoms with van der Waals surface area (Å²) in [5.41, 5.74) is 3.66. The van der Waals surface area contributed by atoms with Crippen LogP contribution in [0.2, 0.25) is 0 Å². The van der Waals surface area contributed by atoms with Crippen LogP contribution in [0.5, 0.6) is 0 Å². The third-order valence-corrected chi connectivity index (χ3v) is 6.88. The molecule has 0 spiro atoms. The van der Waals surface area contributed by atoms with Gasteiger partial charge in [0.2, 0.25) is 5.91 Å².